The SMILES string of the molecule is CC(NC(=O)c1cccnc1)c1nnc2n1CCN(C/C=C/c1ccco1)CC2. The highest BCUT2D eigenvalue weighted by Gasteiger charge is 2.22. The Hall–Kier alpha value is -3.26. The Kier molecular flexibility index (Phi) is 5.81. The first-order valence-corrected chi connectivity index (χ1v) is 9.76. The van der Waals surface area contributed by atoms with Crippen LogP contribution in [0.15, 0.2) is 53.4 Å². The number of hydrogen-bond donors (Lipinski definition) is 1. The lowest BCUT2D eigenvalue weighted by Gasteiger charge is -2.18. The summed E-state index contributed by atoms with van der Waals surface area (Å²) < 4.78 is 7.45. The molecule has 29 heavy (non-hydrogen) atoms. The quantitative estimate of drug-likeness (QED) is 0.693. The average Bonchev–Trinajstić information content (AvgIpc) is 3.36. The number of carbonyl (C=O) groups excluding carboxylic acids is 1. The van der Waals surface area contributed by atoms with Crippen LogP contribution in [0.5, 0.6) is 0 Å². The minimum absolute atomic E-state index is 0.165. The van der Waals surface area contributed by atoms with E-state index >= 15 is 0 Å². The molecule has 8 heteroatoms. The van der Waals surface area contributed by atoms with E-state index < -0.39 is 0 Å². The number of amides is 1. The van der Waals surface area contributed by atoms with Gasteiger partial charge >= 0.3 is 0 Å². The maximum absolute atomic E-state index is 12.4. The van der Waals surface area contributed by atoms with Crippen LogP contribution in [0.4, 0.5) is 0 Å². The van der Waals surface area contributed by atoms with Gasteiger partial charge in [-0.3, -0.25) is 14.7 Å². The summed E-state index contributed by atoms with van der Waals surface area (Å²) in [5.41, 5.74) is 0.532. The minimum Gasteiger partial charge on any atom is -0.465 e. The number of aromatic nitrogens is 4. The van der Waals surface area contributed by atoms with E-state index in [1.54, 1.807) is 30.8 Å². The van der Waals surface area contributed by atoms with Crippen LogP contribution in [-0.4, -0.2) is 50.2 Å². The molecule has 3 aromatic heterocycles. The van der Waals surface area contributed by atoms with Crippen molar-refractivity contribution in [1.82, 2.24) is 30.0 Å². The number of carbonyl (C=O) groups is 1. The van der Waals surface area contributed by atoms with Gasteiger partial charge in [-0.05, 0) is 37.3 Å². The zero-order valence-electron chi connectivity index (χ0n) is 16.4. The largest absolute Gasteiger partial charge is 0.465 e. The number of hydrogen-bond acceptors (Lipinski definition) is 6. The van der Waals surface area contributed by atoms with Crippen LogP contribution in [0.1, 0.15) is 40.7 Å². The Balaban J connectivity index is 1.37. The van der Waals surface area contributed by atoms with Gasteiger partial charge in [0, 0.05) is 45.0 Å². The third-order valence-corrected chi connectivity index (χ3v) is 5.00. The van der Waals surface area contributed by atoms with Gasteiger partial charge in [-0.1, -0.05) is 6.08 Å². The van der Waals surface area contributed by atoms with Crippen LogP contribution in [-0.2, 0) is 13.0 Å². The van der Waals surface area contributed by atoms with Gasteiger partial charge in [0.15, 0.2) is 5.82 Å². The van der Waals surface area contributed by atoms with E-state index in [-0.39, 0.29) is 11.9 Å². The summed E-state index contributed by atoms with van der Waals surface area (Å²) in [6.07, 6.45) is 9.81. The molecular weight excluding hydrogens is 368 g/mol. The number of nitrogens with zero attached hydrogens (tertiary/aromatic N) is 5. The molecular formula is C21H24N6O2. The van der Waals surface area contributed by atoms with Gasteiger partial charge in [-0.15, -0.1) is 10.2 Å². The van der Waals surface area contributed by atoms with Crippen molar-refractivity contribution in [3.8, 4) is 0 Å². The molecule has 0 saturated carbocycles. The topological polar surface area (TPSA) is 89.1 Å². The lowest BCUT2D eigenvalue weighted by molar-refractivity contribution is 0.0937. The van der Waals surface area contributed by atoms with Gasteiger partial charge in [0.05, 0.1) is 17.9 Å². The van der Waals surface area contributed by atoms with Crippen molar-refractivity contribution in [2.75, 3.05) is 19.6 Å². The third-order valence-electron chi connectivity index (χ3n) is 5.00. The van der Waals surface area contributed by atoms with Crippen molar-refractivity contribution in [3.05, 3.63) is 72.0 Å². The van der Waals surface area contributed by atoms with E-state index in [0.29, 0.717) is 5.56 Å². The molecule has 1 aliphatic heterocycles. The first-order valence-electron chi connectivity index (χ1n) is 9.76. The van der Waals surface area contributed by atoms with Crippen LogP contribution in [0.2, 0.25) is 0 Å². The Morgan fingerprint density at radius 3 is 3.00 bits per heavy atom. The van der Waals surface area contributed by atoms with E-state index in [9.17, 15) is 4.79 Å². The fourth-order valence-electron chi connectivity index (χ4n) is 3.44. The molecule has 1 atom stereocenters. The van der Waals surface area contributed by atoms with Crippen molar-refractivity contribution in [2.45, 2.75) is 25.9 Å². The summed E-state index contributed by atoms with van der Waals surface area (Å²) >= 11 is 0. The van der Waals surface area contributed by atoms with E-state index in [0.717, 1.165) is 50.0 Å². The van der Waals surface area contributed by atoms with Gasteiger partial charge in [-0.25, -0.2) is 0 Å². The van der Waals surface area contributed by atoms with Gasteiger partial charge in [0.2, 0.25) is 0 Å². The third kappa shape index (κ3) is 4.60. The summed E-state index contributed by atoms with van der Waals surface area (Å²) in [6, 6.07) is 7.07. The number of nitrogens with one attached hydrogen (secondary N) is 1. The van der Waals surface area contributed by atoms with E-state index in [1.165, 1.54) is 0 Å². The highest BCUT2D eigenvalue weighted by Crippen LogP contribution is 2.16. The molecule has 0 fully saturated rings. The highest BCUT2D eigenvalue weighted by molar-refractivity contribution is 5.93. The van der Waals surface area contributed by atoms with E-state index in [1.807, 2.05) is 25.1 Å². The van der Waals surface area contributed by atoms with Gasteiger partial charge in [0.25, 0.3) is 5.91 Å². The molecule has 4 rings (SSSR count). The second-order valence-electron chi connectivity index (χ2n) is 7.03. The van der Waals surface area contributed by atoms with Crippen molar-refractivity contribution in [1.29, 1.82) is 0 Å². The van der Waals surface area contributed by atoms with Crippen molar-refractivity contribution < 1.29 is 9.21 Å². The molecule has 1 N–H and O–H groups in total. The Bertz CT molecular complexity index is 964. The highest BCUT2D eigenvalue weighted by atomic mass is 16.3. The fraction of sp³-hybridized carbons (Fsp3) is 0.333. The second-order valence-corrected chi connectivity index (χ2v) is 7.03. The molecule has 0 spiro atoms. The average molecular weight is 392 g/mol. The van der Waals surface area contributed by atoms with Crippen LogP contribution >= 0.6 is 0 Å². The van der Waals surface area contributed by atoms with Gasteiger partial charge < -0.3 is 14.3 Å². The van der Waals surface area contributed by atoms with Gasteiger partial charge in [-0.2, -0.15) is 0 Å². The predicted octanol–water partition coefficient (Wildman–Crippen LogP) is 2.33. The van der Waals surface area contributed by atoms with Crippen LogP contribution in [0, 0.1) is 0 Å². The summed E-state index contributed by atoms with van der Waals surface area (Å²) in [7, 11) is 0. The lowest BCUT2D eigenvalue weighted by Crippen LogP contribution is -2.30. The zero-order chi connectivity index (χ0) is 20.1. The summed E-state index contributed by atoms with van der Waals surface area (Å²) in [6.45, 7) is 5.38. The first kappa shape index (κ1) is 19.1. The van der Waals surface area contributed by atoms with Crippen molar-refractivity contribution >= 4 is 12.0 Å². The minimum atomic E-state index is -0.241. The lowest BCUT2D eigenvalue weighted by atomic mass is 10.2. The van der Waals surface area contributed by atoms with Crippen LogP contribution < -0.4 is 5.32 Å². The first-order chi connectivity index (χ1) is 14.2. The van der Waals surface area contributed by atoms with Gasteiger partial charge in [0.1, 0.15) is 11.6 Å². The molecule has 1 amide bonds. The van der Waals surface area contributed by atoms with Crippen molar-refractivity contribution in [3.63, 3.8) is 0 Å². The molecule has 0 aliphatic carbocycles. The second kappa shape index (κ2) is 8.83. The Morgan fingerprint density at radius 2 is 2.21 bits per heavy atom. The molecule has 0 aromatic carbocycles. The standard InChI is InChI=1S/C21H24N6O2/c1-16(23-21(28)17-5-2-9-22-15-17)20-25-24-19-8-11-26(12-13-27(19)20)10-3-6-18-7-4-14-29-18/h2-7,9,14-16H,8,10-13H2,1H3,(H,23,28)/b6-3+. The number of furan rings is 1. The Morgan fingerprint density at radius 1 is 1.28 bits per heavy atom. The maximum Gasteiger partial charge on any atom is 0.253 e. The fourth-order valence-corrected chi connectivity index (χ4v) is 3.44. The van der Waals surface area contributed by atoms with E-state index in [4.69, 9.17) is 4.42 Å². The molecule has 0 radical (unpaired) electrons. The predicted molar refractivity (Wildman–Crippen MR) is 108 cm³/mol. The Labute approximate surface area is 169 Å². The molecule has 0 saturated heterocycles. The summed E-state index contributed by atoms with van der Waals surface area (Å²) in [5, 5.41) is 11.7. The monoisotopic (exact) mass is 392 g/mol. The van der Waals surface area contributed by atoms with Crippen LogP contribution in [0.25, 0.3) is 6.08 Å². The van der Waals surface area contributed by atoms with Crippen LogP contribution in [0.3, 0.4) is 0 Å². The number of fused-ring (bicyclic) bond motifs is 1. The summed E-state index contributed by atoms with van der Waals surface area (Å²) in [5.74, 6) is 2.43. The smallest absolute Gasteiger partial charge is 0.253 e. The number of rotatable bonds is 6. The molecule has 4 heterocycles. The molecule has 1 aliphatic rings. The molecule has 0 bridgehead atoms. The molecule has 1 unspecified atom stereocenters. The zero-order valence-corrected chi connectivity index (χ0v) is 16.4. The molecule has 3 aromatic rings. The van der Waals surface area contributed by atoms with E-state index in [2.05, 4.69) is 36.0 Å². The maximum atomic E-state index is 12.4. The normalized spacial score (nSPS) is 15.8. The molecule has 150 valence electrons. The van der Waals surface area contributed by atoms with Crippen molar-refractivity contribution in [2.24, 2.45) is 0 Å². The number of pyridine rings is 1. The summed E-state index contributed by atoms with van der Waals surface area (Å²) in [4.78, 5) is 18.8. The molecule has 8 nitrogen and oxygen atoms in total.